The van der Waals surface area contributed by atoms with Crippen LogP contribution in [0.25, 0.3) is 11.5 Å². The van der Waals surface area contributed by atoms with Crippen molar-refractivity contribution in [2.45, 2.75) is 37.6 Å². The summed E-state index contributed by atoms with van der Waals surface area (Å²) in [7, 11) is -4.04. The largest absolute Gasteiger partial charge is 0.334 e. The Kier molecular flexibility index (Phi) is 4.63. The van der Waals surface area contributed by atoms with Crippen LogP contribution in [0.1, 0.15) is 32.3 Å². The first kappa shape index (κ1) is 18.2. The van der Waals surface area contributed by atoms with E-state index < -0.39 is 26.3 Å². The Morgan fingerprint density at radius 2 is 2.04 bits per heavy atom. The highest BCUT2D eigenvalue weighted by molar-refractivity contribution is 7.89. The van der Waals surface area contributed by atoms with Gasteiger partial charge >= 0.3 is 0 Å². The van der Waals surface area contributed by atoms with Gasteiger partial charge in [-0.3, -0.25) is 5.10 Å². The molecule has 138 valence electrons. The van der Waals surface area contributed by atoms with Crippen molar-refractivity contribution in [2.75, 3.05) is 0 Å². The third-order valence-corrected chi connectivity index (χ3v) is 5.06. The second kappa shape index (κ2) is 6.61. The van der Waals surface area contributed by atoms with Crippen LogP contribution >= 0.6 is 0 Å². The van der Waals surface area contributed by atoms with Crippen LogP contribution in [0.4, 0.5) is 4.39 Å². The maximum absolute atomic E-state index is 14.1. The quantitative estimate of drug-likeness (QED) is 0.703. The molecule has 8 nitrogen and oxygen atoms in total. The molecule has 0 aliphatic heterocycles. The van der Waals surface area contributed by atoms with Gasteiger partial charge in [-0.2, -0.15) is 10.1 Å². The fourth-order valence-corrected chi connectivity index (χ4v) is 3.82. The van der Waals surface area contributed by atoms with E-state index in [4.69, 9.17) is 4.52 Å². The van der Waals surface area contributed by atoms with Crippen molar-refractivity contribution in [3.63, 3.8) is 0 Å². The summed E-state index contributed by atoms with van der Waals surface area (Å²) < 4.78 is 46.6. The molecule has 0 aliphatic carbocycles. The van der Waals surface area contributed by atoms with Crippen LogP contribution in [0.3, 0.4) is 0 Å². The van der Waals surface area contributed by atoms with Crippen molar-refractivity contribution < 1.29 is 17.3 Å². The molecule has 0 unspecified atom stereocenters. The molecule has 0 saturated carbocycles. The van der Waals surface area contributed by atoms with E-state index in [-0.39, 0.29) is 5.89 Å². The second-order valence-electron chi connectivity index (χ2n) is 6.78. The van der Waals surface area contributed by atoms with E-state index in [0.717, 1.165) is 11.8 Å². The van der Waals surface area contributed by atoms with Crippen LogP contribution < -0.4 is 4.72 Å². The summed E-state index contributed by atoms with van der Waals surface area (Å²) in [5, 5.41) is 10.5. The second-order valence-corrected chi connectivity index (χ2v) is 8.43. The number of rotatable bonds is 5. The molecule has 0 aliphatic rings. The first-order valence-electron chi connectivity index (χ1n) is 7.79. The summed E-state index contributed by atoms with van der Waals surface area (Å²) in [5.41, 5.74) is 0.362. The normalized spacial score (nSPS) is 12.5. The van der Waals surface area contributed by atoms with Crippen molar-refractivity contribution in [1.82, 2.24) is 25.1 Å². The summed E-state index contributed by atoms with van der Waals surface area (Å²) >= 11 is 0. The lowest BCUT2D eigenvalue weighted by atomic mass is 10.1. The first-order valence-corrected chi connectivity index (χ1v) is 9.27. The molecule has 2 aromatic heterocycles. The number of nitrogens with one attached hydrogen (secondary N) is 2. The standard InChI is InChI=1S/C16H18FN5O3S/c1-16(2,3)22-26(23,24)13-8-10(4-5-12(13)17)15-19-14(21-25-15)9-11-6-7-18-20-11/h4-8,22H,9H2,1-3H3,(H,18,20). The van der Waals surface area contributed by atoms with Crippen LogP contribution in [0.5, 0.6) is 0 Å². The maximum atomic E-state index is 14.1. The smallest absolute Gasteiger partial charge is 0.257 e. The van der Waals surface area contributed by atoms with Crippen molar-refractivity contribution in [3.05, 3.63) is 47.8 Å². The zero-order chi connectivity index (χ0) is 18.9. The monoisotopic (exact) mass is 379 g/mol. The summed E-state index contributed by atoms with van der Waals surface area (Å²) in [6.07, 6.45) is 1.98. The van der Waals surface area contributed by atoms with Crippen molar-refractivity contribution >= 4 is 10.0 Å². The van der Waals surface area contributed by atoms with E-state index in [1.807, 2.05) is 0 Å². The number of hydrogen-bond acceptors (Lipinski definition) is 6. The van der Waals surface area contributed by atoms with Gasteiger partial charge < -0.3 is 4.52 Å². The highest BCUT2D eigenvalue weighted by Crippen LogP contribution is 2.24. The fourth-order valence-electron chi connectivity index (χ4n) is 2.30. The van der Waals surface area contributed by atoms with Crippen molar-refractivity contribution in [2.24, 2.45) is 0 Å². The molecule has 2 heterocycles. The van der Waals surface area contributed by atoms with Gasteiger partial charge in [0.1, 0.15) is 10.7 Å². The van der Waals surface area contributed by atoms with Crippen molar-refractivity contribution in [3.8, 4) is 11.5 Å². The molecule has 1 aromatic carbocycles. The predicted molar refractivity (Wildman–Crippen MR) is 91.2 cm³/mol. The molecule has 0 saturated heterocycles. The number of hydrogen-bond donors (Lipinski definition) is 2. The third-order valence-electron chi connectivity index (χ3n) is 3.28. The number of sulfonamides is 1. The predicted octanol–water partition coefficient (Wildman–Crippen LogP) is 2.27. The van der Waals surface area contributed by atoms with Crippen LogP contribution in [-0.4, -0.2) is 34.3 Å². The Bertz CT molecular complexity index is 1010. The number of aromatic amines is 1. The van der Waals surface area contributed by atoms with Crippen LogP contribution in [0, 0.1) is 5.82 Å². The number of nitrogens with zero attached hydrogens (tertiary/aromatic N) is 3. The minimum Gasteiger partial charge on any atom is -0.334 e. The lowest BCUT2D eigenvalue weighted by molar-refractivity contribution is 0.423. The zero-order valence-electron chi connectivity index (χ0n) is 14.4. The molecule has 3 aromatic rings. The molecule has 26 heavy (non-hydrogen) atoms. The van der Waals surface area contributed by atoms with Crippen LogP contribution in [-0.2, 0) is 16.4 Å². The zero-order valence-corrected chi connectivity index (χ0v) is 15.3. The van der Waals surface area contributed by atoms with Gasteiger partial charge in [-0.05, 0) is 45.0 Å². The van der Waals surface area contributed by atoms with Gasteiger partial charge in [0.15, 0.2) is 5.82 Å². The summed E-state index contributed by atoms with van der Waals surface area (Å²) in [6.45, 7) is 5.02. The van der Waals surface area contributed by atoms with Crippen LogP contribution in [0.15, 0.2) is 39.9 Å². The molecule has 0 amide bonds. The fraction of sp³-hybridized carbons (Fsp3) is 0.312. The molecular formula is C16H18FN5O3S. The molecule has 0 fully saturated rings. The van der Waals surface area contributed by atoms with E-state index in [2.05, 4.69) is 25.1 Å². The number of H-pyrrole nitrogens is 1. The molecule has 10 heteroatoms. The van der Waals surface area contributed by atoms with Gasteiger partial charge in [-0.15, -0.1) is 0 Å². The summed E-state index contributed by atoms with van der Waals surface area (Å²) in [4.78, 5) is 3.75. The van der Waals surface area contributed by atoms with Gasteiger partial charge in [0.2, 0.25) is 10.0 Å². The Morgan fingerprint density at radius 3 is 2.69 bits per heavy atom. The highest BCUT2D eigenvalue weighted by atomic mass is 32.2. The molecule has 2 N–H and O–H groups in total. The number of halogens is 1. The lowest BCUT2D eigenvalue weighted by Crippen LogP contribution is -2.40. The Hall–Kier alpha value is -2.59. The van der Waals surface area contributed by atoms with Gasteiger partial charge in [-0.25, -0.2) is 17.5 Å². The van der Waals surface area contributed by atoms with Gasteiger partial charge in [0, 0.05) is 23.0 Å². The van der Waals surface area contributed by atoms with E-state index >= 15 is 0 Å². The highest BCUT2D eigenvalue weighted by Gasteiger charge is 2.26. The topological polar surface area (TPSA) is 114 Å². The lowest BCUT2D eigenvalue weighted by Gasteiger charge is -2.20. The first-order chi connectivity index (χ1) is 12.1. The third kappa shape index (κ3) is 4.14. The van der Waals surface area contributed by atoms with Gasteiger partial charge in [0.25, 0.3) is 5.89 Å². The molecule has 3 rings (SSSR count). The average molecular weight is 379 g/mol. The van der Waals surface area contributed by atoms with E-state index in [1.165, 1.54) is 12.1 Å². The molecule has 0 radical (unpaired) electrons. The molecule has 0 spiro atoms. The SMILES string of the molecule is CC(C)(C)NS(=O)(=O)c1cc(-c2nc(Cc3ccn[nH]3)no2)ccc1F. The minimum absolute atomic E-state index is 0.103. The number of benzene rings is 1. The Balaban J connectivity index is 1.92. The van der Waals surface area contributed by atoms with Crippen molar-refractivity contribution in [1.29, 1.82) is 0 Å². The van der Waals surface area contributed by atoms with Gasteiger partial charge in [-0.1, -0.05) is 5.16 Å². The van der Waals surface area contributed by atoms with E-state index in [1.54, 1.807) is 33.0 Å². The van der Waals surface area contributed by atoms with Gasteiger partial charge in [0.05, 0.1) is 6.42 Å². The van der Waals surface area contributed by atoms with Crippen LogP contribution in [0.2, 0.25) is 0 Å². The minimum atomic E-state index is -4.04. The van der Waals surface area contributed by atoms with E-state index in [0.29, 0.717) is 17.8 Å². The Labute approximate surface area is 149 Å². The molecule has 0 bridgehead atoms. The summed E-state index contributed by atoms with van der Waals surface area (Å²) in [6, 6.07) is 5.40. The Morgan fingerprint density at radius 1 is 1.27 bits per heavy atom. The molecule has 0 atom stereocenters. The average Bonchev–Trinajstić information content (AvgIpc) is 3.17. The summed E-state index contributed by atoms with van der Waals surface area (Å²) in [5.74, 6) is -0.361. The van der Waals surface area contributed by atoms with E-state index in [9.17, 15) is 12.8 Å². The number of aromatic nitrogens is 4. The molecular weight excluding hydrogens is 361 g/mol. The maximum Gasteiger partial charge on any atom is 0.257 e.